The third-order valence-electron chi connectivity index (χ3n) is 3.45. The number of anilines is 1. The first kappa shape index (κ1) is 13.5. The number of hydrogen-bond acceptors (Lipinski definition) is 3. The first-order valence-corrected chi connectivity index (χ1v) is 7.21. The van der Waals surface area contributed by atoms with Crippen molar-refractivity contribution in [1.82, 2.24) is 4.98 Å². The monoisotopic (exact) mass is 268 g/mol. The van der Waals surface area contributed by atoms with Gasteiger partial charge in [-0.25, -0.2) is 4.98 Å². The first-order chi connectivity index (χ1) is 8.79. The van der Waals surface area contributed by atoms with Gasteiger partial charge in [-0.2, -0.15) is 0 Å². The van der Waals surface area contributed by atoms with Crippen molar-refractivity contribution in [3.63, 3.8) is 0 Å². The molecule has 100 valence electrons. The SMILES string of the molecule is CCCOc1cccnc1NCC1(CCCl)CC1. The third-order valence-corrected chi connectivity index (χ3v) is 3.63. The highest BCUT2D eigenvalue weighted by atomic mass is 35.5. The zero-order valence-corrected chi connectivity index (χ0v) is 11.7. The second-order valence-corrected chi connectivity index (χ2v) is 5.37. The minimum atomic E-state index is 0.404. The van der Waals surface area contributed by atoms with Crippen molar-refractivity contribution >= 4 is 17.4 Å². The van der Waals surface area contributed by atoms with E-state index in [2.05, 4.69) is 17.2 Å². The van der Waals surface area contributed by atoms with Gasteiger partial charge in [0.05, 0.1) is 6.61 Å². The number of ether oxygens (including phenoxy) is 1. The van der Waals surface area contributed by atoms with Gasteiger partial charge in [-0.3, -0.25) is 0 Å². The van der Waals surface area contributed by atoms with Gasteiger partial charge in [-0.05, 0) is 43.2 Å². The van der Waals surface area contributed by atoms with Crippen LogP contribution in [0.2, 0.25) is 0 Å². The predicted molar refractivity (Wildman–Crippen MR) is 75.5 cm³/mol. The van der Waals surface area contributed by atoms with Crippen LogP contribution < -0.4 is 10.1 Å². The summed E-state index contributed by atoms with van der Waals surface area (Å²) in [7, 11) is 0. The van der Waals surface area contributed by atoms with Gasteiger partial charge in [0.15, 0.2) is 11.6 Å². The summed E-state index contributed by atoms with van der Waals surface area (Å²) < 4.78 is 5.68. The number of nitrogens with one attached hydrogen (secondary N) is 1. The van der Waals surface area contributed by atoms with E-state index in [-0.39, 0.29) is 0 Å². The van der Waals surface area contributed by atoms with E-state index in [9.17, 15) is 0 Å². The summed E-state index contributed by atoms with van der Waals surface area (Å²) >= 11 is 5.84. The number of aromatic nitrogens is 1. The Kier molecular flexibility index (Phi) is 4.70. The van der Waals surface area contributed by atoms with E-state index in [1.165, 1.54) is 12.8 Å². The fourth-order valence-electron chi connectivity index (χ4n) is 2.02. The molecule has 0 saturated heterocycles. The fraction of sp³-hybridized carbons (Fsp3) is 0.643. The molecule has 2 rings (SSSR count). The Morgan fingerprint density at radius 1 is 1.50 bits per heavy atom. The van der Waals surface area contributed by atoms with Crippen molar-refractivity contribution in [3.05, 3.63) is 18.3 Å². The quantitative estimate of drug-likeness (QED) is 0.730. The van der Waals surface area contributed by atoms with Crippen LogP contribution >= 0.6 is 11.6 Å². The topological polar surface area (TPSA) is 34.1 Å². The minimum Gasteiger partial charge on any atom is -0.490 e. The highest BCUT2D eigenvalue weighted by Crippen LogP contribution is 2.49. The molecule has 0 spiro atoms. The molecule has 18 heavy (non-hydrogen) atoms. The predicted octanol–water partition coefficient (Wildman–Crippen LogP) is 3.69. The van der Waals surface area contributed by atoms with Crippen molar-refractivity contribution in [1.29, 1.82) is 0 Å². The van der Waals surface area contributed by atoms with Crippen molar-refractivity contribution in [2.24, 2.45) is 5.41 Å². The lowest BCUT2D eigenvalue weighted by atomic mass is 10.0. The average Bonchev–Trinajstić information content (AvgIpc) is 3.16. The Bertz CT molecular complexity index is 380. The van der Waals surface area contributed by atoms with Gasteiger partial charge in [-0.1, -0.05) is 6.92 Å². The highest BCUT2D eigenvalue weighted by molar-refractivity contribution is 6.17. The zero-order valence-electron chi connectivity index (χ0n) is 10.9. The molecule has 0 radical (unpaired) electrons. The van der Waals surface area contributed by atoms with Crippen LogP contribution in [0.25, 0.3) is 0 Å². The summed E-state index contributed by atoms with van der Waals surface area (Å²) in [6.45, 7) is 3.77. The number of pyridine rings is 1. The Balaban J connectivity index is 1.92. The van der Waals surface area contributed by atoms with Crippen LogP contribution in [-0.2, 0) is 0 Å². The number of alkyl halides is 1. The standard InChI is InChI=1S/C14H21ClN2O/c1-2-10-18-12-4-3-9-16-13(12)17-11-14(5-6-14)7-8-15/h3-4,9H,2,5-8,10-11H2,1H3,(H,16,17). The fourth-order valence-corrected chi connectivity index (χ4v) is 2.42. The molecule has 1 aliphatic rings. The van der Waals surface area contributed by atoms with Crippen LogP contribution in [0.3, 0.4) is 0 Å². The van der Waals surface area contributed by atoms with Crippen LogP contribution in [0.5, 0.6) is 5.75 Å². The van der Waals surface area contributed by atoms with Gasteiger partial charge in [0.2, 0.25) is 0 Å². The largest absolute Gasteiger partial charge is 0.490 e. The molecule has 3 nitrogen and oxygen atoms in total. The van der Waals surface area contributed by atoms with E-state index < -0.39 is 0 Å². The molecule has 0 unspecified atom stereocenters. The molecule has 0 aliphatic heterocycles. The minimum absolute atomic E-state index is 0.404. The molecule has 0 aromatic carbocycles. The van der Waals surface area contributed by atoms with Crippen molar-refractivity contribution in [2.45, 2.75) is 32.6 Å². The molecule has 4 heteroatoms. The van der Waals surface area contributed by atoms with Gasteiger partial charge in [-0.15, -0.1) is 11.6 Å². The van der Waals surface area contributed by atoms with Crippen LogP contribution in [-0.4, -0.2) is 24.0 Å². The average molecular weight is 269 g/mol. The van der Waals surface area contributed by atoms with Crippen LogP contribution in [0.15, 0.2) is 18.3 Å². The van der Waals surface area contributed by atoms with Crippen LogP contribution in [0.1, 0.15) is 32.6 Å². The molecule has 0 amide bonds. The third kappa shape index (κ3) is 3.52. The summed E-state index contributed by atoms with van der Waals surface area (Å²) in [6.07, 6.45) is 6.42. The highest BCUT2D eigenvalue weighted by Gasteiger charge is 2.41. The van der Waals surface area contributed by atoms with E-state index in [1.54, 1.807) is 6.20 Å². The van der Waals surface area contributed by atoms with E-state index in [0.29, 0.717) is 5.41 Å². The molecule has 1 saturated carbocycles. The molecule has 1 heterocycles. The second-order valence-electron chi connectivity index (χ2n) is 4.99. The lowest BCUT2D eigenvalue weighted by Gasteiger charge is -2.16. The Morgan fingerprint density at radius 2 is 2.33 bits per heavy atom. The van der Waals surface area contributed by atoms with Gasteiger partial charge >= 0.3 is 0 Å². The normalized spacial score (nSPS) is 16.3. The molecule has 0 bridgehead atoms. The van der Waals surface area contributed by atoms with Crippen molar-refractivity contribution < 1.29 is 4.74 Å². The summed E-state index contributed by atoms with van der Waals surface area (Å²) in [5, 5.41) is 3.41. The smallest absolute Gasteiger partial charge is 0.168 e. The van der Waals surface area contributed by atoms with Crippen molar-refractivity contribution in [2.75, 3.05) is 24.3 Å². The maximum atomic E-state index is 5.84. The Labute approximate surface area is 114 Å². The number of rotatable bonds is 8. The molecular weight excluding hydrogens is 248 g/mol. The molecule has 0 atom stereocenters. The van der Waals surface area contributed by atoms with E-state index >= 15 is 0 Å². The number of halogens is 1. The summed E-state index contributed by atoms with van der Waals surface area (Å²) in [5.41, 5.74) is 0.404. The molecular formula is C14H21ClN2O. The molecule has 1 fully saturated rings. The van der Waals surface area contributed by atoms with Crippen molar-refractivity contribution in [3.8, 4) is 5.75 Å². The zero-order chi connectivity index (χ0) is 12.8. The first-order valence-electron chi connectivity index (χ1n) is 6.67. The molecule has 1 aromatic rings. The maximum absolute atomic E-state index is 5.84. The summed E-state index contributed by atoms with van der Waals surface area (Å²) in [5.74, 6) is 2.44. The van der Waals surface area contributed by atoms with Crippen LogP contribution in [0.4, 0.5) is 5.82 Å². The second kappa shape index (κ2) is 6.28. The summed E-state index contributed by atoms with van der Waals surface area (Å²) in [4.78, 5) is 4.35. The molecule has 1 aliphatic carbocycles. The van der Waals surface area contributed by atoms with Gasteiger partial charge in [0.25, 0.3) is 0 Å². The number of hydrogen-bond donors (Lipinski definition) is 1. The van der Waals surface area contributed by atoms with Crippen LogP contribution in [0, 0.1) is 5.41 Å². The summed E-state index contributed by atoms with van der Waals surface area (Å²) in [6, 6.07) is 3.87. The van der Waals surface area contributed by atoms with Gasteiger partial charge in [0.1, 0.15) is 0 Å². The Morgan fingerprint density at radius 3 is 3.00 bits per heavy atom. The van der Waals surface area contributed by atoms with Gasteiger partial charge in [0, 0.05) is 18.6 Å². The molecule has 1 aromatic heterocycles. The Hall–Kier alpha value is -0.960. The van der Waals surface area contributed by atoms with Gasteiger partial charge < -0.3 is 10.1 Å². The maximum Gasteiger partial charge on any atom is 0.168 e. The van der Waals surface area contributed by atoms with E-state index in [1.807, 2.05) is 12.1 Å². The van der Waals surface area contributed by atoms with E-state index in [4.69, 9.17) is 16.3 Å². The lowest BCUT2D eigenvalue weighted by Crippen LogP contribution is -2.17. The molecule has 1 N–H and O–H groups in total. The van der Waals surface area contributed by atoms with E-state index in [0.717, 1.165) is 43.4 Å². The lowest BCUT2D eigenvalue weighted by molar-refractivity contribution is 0.317. The number of nitrogens with zero attached hydrogens (tertiary/aromatic N) is 1.